The van der Waals surface area contributed by atoms with Crippen molar-refractivity contribution < 1.29 is 18.0 Å². The Kier molecular flexibility index (Phi) is 14.4. The molecular weight excluding hydrogens is 449 g/mol. The van der Waals surface area contributed by atoms with E-state index in [1.165, 1.54) is 23.3 Å². The molecule has 0 aliphatic rings. The van der Waals surface area contributed by atoms with Gasteiger partial charge in [-0.3, -0.25) is 14.9 Å². The van der Waals surface area contributed by atoms with E-state index in [9.17, 15) is 13.2 Å². The summed E-state index contributed by atoms with van der Waals surface area (Å²) < 4.78 is 39.5. The zero-order valence-corrected chi connectivity index (χ0v) is 21.2. The summed E-state index contributed by atoms with van der Waals surface area (Å²) in [5.74, 6) is -1.35. The Hall–Kier alpha value is -3.64. The fraction of sp³-hybridized carbons (Fsp3) is 0.207. The Balaban J connectivity index is 0.000000801. The maximum atomic E-state index is 14.0. The second-order valence-corrected chi connectivity index (χ2v) is 7.24. The van der Waals surface area contributed by atoms with Crippen molar-refractivity contribution in [2.24, 2.45) is 0 Å². The lowest BCUT2D eigenvalue weighted by molar-refractivity contribution is -0.0527. The Morgan fingerprint density at radius 3 is 1.91 bits per heavy atom. The molecule has 0 aliphatic carbocycles. The smallest absolute Gasteiger partial charge is 0.127 e. The van der Waals surface area contributed by atoms with Crippen LogP contribution in [-0.2, 0) is 4.84 Å². The quantitative estimate of drug-likeness (QED) is 0.271. The number of halogens is 3. The number of hydrogen-bond acceptors (Lipinski definition) is 3. The Morgan fingerprint density at radius 2 is 1.43 bits per heavy atom. The van der Waals surface area contributed by atoms with Gasteiger partial charge in [0.25, 0.3) is 0 Å². The summed E-state index contributed by atoms with van der Waals surface area (Å²) in [5.41, 5.74) is 4.46. The van der Waals surface area contributed by atoms with Gasteiger partial charge in [0.1, 0.15) is 17.5 Å². The van der Waals surface area contributed by atoms with Crippen molar-refractivity contribution in [3.8, 4) is 0 Å². The first-order valence-electron chi connectivity index (χ1n) is 10.7. The molecule has 1 heterocycles. The summed E-state index contributed by atoms with van der Waals surface area (Å²) in [6.45, 7) is 21.6. The molecule has 0 saturated heterocycles. The minimum Gasteiger partial charge on any atom is -0.277 e. The number of nitrogens with zero attached hydrogens (tertiary/aromatic N) is 2. The van der Waals surface area contributed by atoms with Gasteiger partial charge in [-0.25, -0.2) is 13.2 Å². The largest absolute Gasteiger partial charge is 0.277 e. The van der Waals surface area contributed by atoms with Crippen LogP contribution in [0.2, 0.25) is 0 Å². The topological polar surface area (TPSA) is 25.4 Å². The summed E-state index contributed by atoms with van der Waals surface area (Å²) >= 11 is 0. The average Bonchev–Trinajstić information content (AvgIpc) is 2.88. The predicted molar refractivity (Wildman–Crippen MR) is 140 cm³/mol. The lowest BCUT2D eigenvalue weighted by atomic mass is 9.90. The number of pyridine rings is 1. The number of hydroxylamine groups is 2. The summed E-state index contributed by atoms with van der Waals surface area (Å²) in [5, 5.41) is 1.51. The average molecular weight is 485 g/mol. The van der Waals surface area contributed by atoms with Crippen LogP contribution in [0.1, 0.15) is 40.8 Å². The molecule has 1 aromatic heterocycles. The van der Waals surface area contributed by atoms with Gasteiger partial charge in [-0.2, -0.15) is 0 Å². The number of benzene rings is 2. The van der Waals surface area contributed by atoms with Gasteiger partial charge in [0.15, 0.2) is 0 Å². The van der Waals surface area contributed by atoms with Crippen molar-refractivity contribution in [1.82, 2.24) is 10.0 Å². The summed E-state index contributed by atoms with van der Waals surface area (Å²) in [4.78, 5) is 9.45. The highest BCUT2D eigenvalue weighted by molar-refractivity contribution is 5.58. The van der Waals surface area contributed by atoms with E-state index < -0.39 is 11.6 Å². The van der Waals surface area contributed by atoms with Crippen LogP contribution in [-0.4, -0.2) is 24.2 Å². The molecule has 6 heteroatoms. The number of rotatable bonds is 5. The highest BCUT2D eigenvalue weighted by atomic mass is 19.1. The molecular formula is C29H35F3N2O. The highest BCUT2D eigenvalue weighted by Gasteiger charge is 2.17. The first-order valence-corrected chi connectivity index (χ1v) is 10.7. The molecule has 0 amide bonds. The van der Waals surface area contributed by atoms with Gasteiger partial charge in [-0.05, 0) is 66.9 Å². The third-order valence-electron chi connectivity index (χ3n) is 5.00. The van der Waals surface area contributed by atoms with Gasteiger partial charge >= 0.3 is 0 Å². The van der Waals surface area contributed by atoms with Gasteiger partial charge < -0.3 is 0 Å². The lowest BCUT2D eigenvalue weighted by Crippen LogP contribution is -2.15. The summed E-state index contributed by atoms with van der Waals surface area (Å²) in [6, 6.07) is 11.7. The minimum atomic E-state index is -0.453. The molecule has 0 aliphatic heterocycles. The molecule has 3 rings (SSSR count). The summed E-state index contributed by atoms with van der Waals surface area (Å²) in [7, 11) is 3.28. The second kappa shape index (κ2) is 16.1. The third kappa shape index (κ3) is 9.63. The van der Waals surface area contributed by atoms with E-state index >= 15 is 0 Å². The molecule has 0 N–H and O–H groups in total. The van der Waals surface area contributed by atoms with Crippen molar-refractivity contribution in [2.45, 2.75) is 26.7 Å². The van der Waals surface area contributed by atoms with Crippen LogP contribution in [0, 0.1) is 31.3 Å². The minimum absolute atomic E-state index is 0.171. The van der Waals surface area contributed by atoms with Crippen LogP contribution in [0.4, 0.5) is 13.2 Å². The molecule has 0 fully saturated rings. The van der Waals surface area contributed by atoms with Crippen molar-refractivity contribution >= 4 is 5.70 Å². The van der Waals surface area contributed by atoms with Crippen molar-refractivity contribution in [3.63, 3.8) is 0 Å². The van der Waals surface area contributed by atoms with Gasteiger partial charge in [0.2, 0.25) is 0 Å². The van der Waals surface area contributed by atoms with Crippen LogP contribution in [0.25, 0.3) is 5.70 Å². The fourth-order valence-corrected chi connectivity index (χ4v) is 3.00. The SMILES string of the molecule is C=C.C=C.C=C(c1cc(C)c(C(C)c2cc(F)ccc2F)cn1)N(C)OC.Cc1ccc(F)cc1. The first kappa shape index (κ1) is 31.4. The van der Waals surface area contributed by atoms with Crippen LogP contribution < -0.4 is 0 Å². The molecule has 0 spiro atoms. The van der Waals surface area contributed by atoms with E-state index in [-0.39, 0.29) is 11.7 Å². The van der Waals surface area contributed by atoms with E-state index in [1.807, 2.05) is 26.8 Å². The summed E-state index contributed by atoms with van der Waals surface area (Å²) in [6.07, 6.45) is 1.67. The van der Waals surface area contributed by atoms with E-state index in [1.54, 1.807) is 32.5 Å². The molecule has 0 saturated carbocycles. The molecule has 3 aromatic rings. The zero-order valence-electron chi connectivity index (χ0n) is 21.2. The Bertz CT molecular complexity index is 1050. The van der Waals surface area contributed by atoms with E-state index in [2.05, 4.69) is 37.9 Å². The van der Waals surface area contributed by atoms with Crippen molar-refractivity contribution in [3.05, 3.63) is 133 Å². The fourth-order valence-electron chi connectivity index (χ4n) is 3.00. The predicted octanol–water partition coefficient (Wildman–Crippen LogP) is 8.02. The molecule has 1 atom stereocenters. The van der Waals surface area contributed by atoms with Gasteiger partial charge in [0, 0.05) is 19.2 Å². The Morgan fingerprint density at radius 1 is 0.886 bits per heavy atom. The van der Waals surface area contributed by atoms with Crippen LogP contribution in [0.15, 0.2) is 87.6 Å². The third-order valence-corrected chi connectivity index (χ3v) is 5.00. The lowest BCUT2D eigenvalue weighted by Gasteiger charge is -2.20. The van der Waals surface area contributed by atoms with E-state index in [4.69, 9.17) is 4.84 Å². The molecule has 0 bridgehead atoms. The zero-order chi connectivity index (χ0) is 27.1. The normalized spacial score (nSPS) is 10.3. The maximum Gasteiger partial charge on any atom is 0.127 e. The molecule has 1 unspecified atom stereocenters. The van der Waals surface area contributed by atoms with Gasteiger partial charge in [-0.1, -0.05) is 31.2 Å². The highest BCUT2D eigenvalue weighted by Crippen LogP contribution is 2.30. The van der Waals surface area contributed by atoms with E-state index in [0.717, 1.165) is 28.8 Å². The molecule has 2 aromatic carbocycles. The molecule has 35 heavy (non-hydrogen) atoms. The van der Waals surface area contributed by atoms with Crippen LogP contribution in [0.5, 0.6) is 0 Å². The maximum absolute atomic E-state index is 14.0. The van der Waals surface area contributed by atoms with Crippen LogP contribution in [0.3, 0.4) is 0 Å². The van der Waals surface area contributed by atoms with Gasteiger partial charge in [-0.15, -0.1) is 26.3 Å². The molecule has 188 valence electrons. The van der Waals surface area contributed by atoms with Crippen molar-refractivity contribution in [1.29, 1.82) is 0 Å². The standard InChI is InChI=1S/C18H20F2N2O.C7H7F.2C2H4/c1-11-8-18(13(3)22(4)23-5)21-10-16(11)12(2)15-9-14(19)6-7-17(15)20;1-6-2-4-7(8)5-3-6;2*1-2/h6-10,12H,3H2,1-2,4-5H3;2-5H,1H3;2*1-2H2. The monoisotopic (exact) mass is 484 g/mol. The van der Waals surface area contributed by atoms with E-state index in [0.29, 0.717) is 17.0 Å². The molecule has 0 radical (unpaired) electrons. The number of aromatic nitrogens is 1. The van der Waals surface area contributed by atoms with Crippen molar-refractivity contribution in [2.75, 3.05) is 14.2 Å². The number of hydrogen-bond donors (Lipinski definition) is 0. The first-order chi connectivity index (χ1) is 16.6. The molecule has 3 nitrogen and oxygen atoms in total. The Labute approximate surface area is 207 Å². The second-order valence-electron chi connectivity index (χ2n) is 7.24. The van der Waals surface area contributed by atoms with Crippen LogP contribution >= 0.6 is 0 Å². The number of aryl methyl sites for hydroxylation is 2. The van der Waals surface area contributed by atoms with Gasteiger partial charge in [0.05, 0.1) is 18.5 Å².